The lowest BCUT2D eigenvalue weighted by Crippen LogP contribution is -2.28. The molecule has 2 aliphatic heterocycles. The summed E-state index contributed by atoms with van der Waals surface area (Å²) in [4.78, 5) is 22.3. The summed E-state index contributed by atoms with van der Waals surface area (Å²) in [5.41, 5.74) is 6.57. The van der Waals surface area contributed by atoms with Gasteiger partial charge in [0.15, 0.2) is 16.9 Å². The number of aliphatic imine (C=N–C) groups is 1. The summed E-state index contributed by atoms with van der Waals surface area (Å²) >= 11 is -1.91. The molecule has 7 heteroatoms. The molecule has 3 aliphatic rings. The highest BCUT2D eigenvalue weighted by Crippen LogP contribution is 2.34. The van der Waals surface area contributed by atoms with Gasteiger partial charge in [-0.25, -0.2) is 4.21 Å². The molecule has 160 valence electrons. The van der Waals surface area contributed by atoms with Crippen molar-refractivity contribution in [3.8, 4) is 0 Å². The molecule has 0 amide bonds. The Morgan fingerprint density at radius 1 is 1.20 bits per heavy atom. The van der Waals surface area contributed by atoms with Crippen molar-refractivity contribution in [1.82, 2.24) is 9.80 Å². The molecule has 1 saturated heterocycles. The minimum Gasteiger partial charge on any atom is -0.306 e. The van der Waals surface area contributed by atoms with Crippen LogP contribution in [-0.2, 0) is 28.8 Å². The smallest absolute Gasteiger partial charge is 0.167 e. The molecule has 0 radical (unpaired) electrons. The maximum atomic E-state index is 12.9. The number of ketones is 1. The fourth-order valence-electron chi connectivity index (χ4n) is 4.54. The van der Waals surface area contributed by atoms with Crippen LogP contribution in [-0.4, -0.2) is 69.0 Å². The van der Waals surface area contributed by atoms with Gasteiger partial charge in [0.2, 0.25) is 0 Å². The molecular formula is C23H29N3O3S. The molecule has 6 nitrogen and oxygen atoms in total. The topological polar surface area (TPSA) is 73.2 Å². The van der Waals surface area contributed by atoms with Crippen molar-refractivity contribution in [3.05, 3.63) is 52.2 Å². The first-order chi connectivity index (χ1) is 14.4. The highest BCUT2D eigenvalue weighted by Gasteiger charge is 2.29. The Labute approximate surface area is 180 Å². The number of likely N-dealkylation sites (N-methyl/N-ethyl adjacent to an activating group) is 1. The van der Waals surface area contributed by atoms with Gasteiger partial charge in [-0.05, 0) is 61.8 Å². The van der Waals surface area contributed by atoms with E-state index in [0.717, 1.165) is 67.1 Å². The van der Waals surface area contributed by atoms with Crippen molar-refractivity contribution in [1.29, 1.82) is 0 Å². The summed E-state index contributed by atoms with van der Waals surface area (Å²) in [5, 5.41) is 0. The first-order valence-corrected chi connectivity index (χ1v) is 11.8. The predicted molar refractivity (Wildman–Crippen MR) is 121 cm³/mol. The Balaban J connectivity index is 1.61. The maximum Gasteiger partial charge on any atom is 0.167 e. The fraction of sp³-hybridized carbons (Fsp3) is 0.478. The first-order valence-electron chi connectivity index (χ1n) is 10.5. The van der Waals surface area contributed by atoms with Gasteiger partial charge in [-0.1, -0.05) is 18.2 Å². The fourth-order valence-corrected chi connectivity index (χ4v) is 5.09. The third-order valence-electron chi connectivity index (χ3n) is 6.15. The Bertz CT molecular complexity index is 980. The van der Waals surface area contributed by atoms with E-state index in [1.165, 1.54) is 5.56 Å². The predicted octanol–water partition coefficient (Wildman–Crippen LogP) is 2.67. The normalized spacial score (nSPS) is 23.1. The van der Waals surface area contributed by atoms with Gasteiger partial charge in [0.05, 0.1) is 11.4 Å². The third-order valence-corrected chi connectivity index (χ3v) is 6.67. The van der Waals surface area contributed by atoms with Crippen LogP contribution in [0.1, 0.15) is 36.5 Å². The zero-order valence-corrected chi connectivity index (χ0v) is 18.5. The zero-order valence-electron chi connectivity index (χ0n) is 17.7. The van der Waals surface area contributed by atoms with Gasteiger partial charge in [-0.15, -0.1) is 0 Å². The van der Waals surface area contributed by atoms with Crippen molar-refractivity contribution >= 4 is 28.1 Å². The molecule has 1 aromatic carbocycles. The maximum absolute atomic E-state index is 12.9. The molecule has 1 fully saturated rings. The van der Waals surface area contributed by atoms with Crippen LogP contribution in [0, 0.1) is 0 Å². The second kappa shape index (κ2) is 9.06. The molecule has 1 N–H and O–H groups in total. The third kappa shape index (κ3) is 4.70. The Morgan fingerprint density at radius 3 is 2.83 bits per heavy atom. The molecule has 30 heavy (non-hydrogen) atoms. The quantitative estimate of drug-likeness (QED) is 0.578. The average molecular weight is 428 g/mol. The molecule has 1 aromatic rings. The molecule has 0 saturated carbocycles. The Kier molecular flexibility index (Phi) is 6.43. The highest BCUT2D eigenvalue weighted by molar-refractivity contribution is 7.79. The van der Waals surface area contributed by atoms with Crippen molar-refractivity contribution in [2.45, 2.75) is 32.7 Å². The molecule has 4 rings (SSSR count). The number of carbonyl (C=O) groups is 1. The van der Waals surface area contributed by atoms with E-state index in [0.29, 0.717) is 18.5 Å². The molecule has 2 heterocycles. The van der Waals surface area contributed by atoms with Gasteiger partial charge < -0.3 is 9.45 Å². The number of allylic oxidation sites excluding steroid dienone is 3. The Morgan fingerprint density at radius 2 is 2.03 bits per heavy atom. The number of benzene rings is 1. The number of fused-ring (bicyclic) bond motifs is 1. The van der Waals surface area contributed by atoms with Crippen molar-refractivity contribution in [2.24, 2.45) is 4.99 Å². The summed E-state index contributed by atoms with van der Waals surface area (Å²) in [7, 11) is 2.17. The number of nitrogens with zero attached hydrogens (tertiary/aromatic N) is 3. The molecule has 1 unspecified atom stereocenters. The van der Waals surface area contributed by atoms with Crippen LogP contribution in [0.25, 0.3) is 5.57 Å². The lowest BCUT2D eigenvalue weighted by atomic mass is 9.98. The standard InChI is InChI=1S/C23H29N3O3S/c1-16-11-19(24-21(16)15-30(28)29)13-20-22(27)12-17-5-3-6-18(23(17)20)14-26-8-4-7-25(2)9-10-26/h3,5-6,13H,4,7-12,14-15H2,1-2H3,(H,28,29)/b20-13+. The van der Waals surface area contributed by atoms with Crippen LogP contribution < -0.4 is 0 Å². The van der Waals surface area contributed by atoms with Crippen LogP contribution in [0.3, 0.4) is 0 Å². The van der Waals surface area contributed by atoms with Gasteiger partial charge in [-0.2, -0.15) is 0 Å². The summed E-state index contributed by atoms with van der Waals surface area (Å²) in [6.07, 6.45) is 4.12. The summed E-state index contributed by atoms with van der Waals surface area (Å²) in [6.45, 7) is 7.07. The van der Waals surface area contributed by atoms with Crippen LogP contribution in [0.2, 0.25) is 0 Å². The van der Waals surface area contributed by atoms with Crippen molar-refractivity contribution in [3.63, 3.8) is 0 Å². The molecule has 0 spiro atoms. The van der Waals surface area contributed by atoms with E-state index in [-0.39, 0.29) is 11.5 Å². The zero-order chi connectivity index (χ0) is 21.3. The van der Waals surface area contributed by atoms with Crippen LogP contribution >= 0.6 is 0 Å². The molecular weight excluding hydrogens is 398 g/mol. The van der Waals surface area contributed by atoms with E-state index in [9.17, 15) is 13.6 Å². The average Bonchev–Trinajstić information content (AvgIpc) is 3.10. The van der Waals surface area contributed by atoms with Crippen molar-refractivity contribution < 1.29 is 13.6 Å². The molecule has 0 bridgehead atoms. The van der Waals surface area contributed by atoms with E-state index in [2.05, 4.69) is 34.0 Å². The van der Waals surface area contributed by atoms with Crippen LogP contribution in [0.4, 0.5) is 0 Å². The first kappa shape index (κ1) is 21.3. The van der Waals surface area contributed by atoms with Gasteiger partial charge in [0, 0.05) is 43.8 Å². The summed E-state index contributed by atoms with van der Waals surface area (Å²) in [6, 6.07) is 6.25. The number of hydrogen-bond donors (Lipinski definition) is 1. The van der Waals surface area contributed by atoms with E-state index >= 15 is 0 Å². The van der Waals surface area contributed by atoms with E-state index in [1.54, 1.807) is 0 Å². The van der Waals surface area contributed by atoms with Crippen LogP contribution in [0.15, 0.2) is 40.5 Å². The summed E-state index contributed by atoms with van der Waals surface area (Å²) < 4.78 is 20.4. The number of Topliss-reactive ketones (excluding diaryl/α,β-unsaturated/α-hetero) is 1. The van der Waals surface area contributed by atoms with E-state index in [4.69, 9.17) is 0 Å². The summed E-state index contributed by atoms with van der Waals surface area (Å²) in [5.74, 6) is 0.171. The highest BCUT2D eigenvalue weighted by atomic mass is 32.2. The molecule has 0 aromatic heterocycles. The number of carbonyl (C=O) groups excluding carboxylic acids is 1. The van der Waals surface area contributed by atoms with E-state index in [1.807, 2.05) is 19.1 Å². The van der Waals surface area contributed by atoms with Gasteiger partial charge in [0.1, 0.15) is 0 Å². The minimum atomic E-state index is -1.91. The number of hydrogen-bond acceptors (Lipinski definition) is 5. The molecule has 1 aliphatic carbocycles. The lowest BCUT2D eigenvalue weighted by Gasteiger charge is -2.22. The second-order valence-corrected chi connectivity index (χ2v) is 9.45. The van der Waals surface area contributed by atoms with Gasteiger partial charge >= 0.3 is 0 Å². The van der Waals surface area contributed by atoms with E-state index < -0.39 is 11.1 Å². The Hall–Kier alpha value is -1.93. The SMILES string of the molecule is CC1=C(CS(=O)O)N=C(/C=C2\C(=O)Cc3cccc(CN4CCCN(C)CC4)c32)C1. The second-order valence-electron chi connectivity index (χ2n) is 8.51. The van der Waals surface area contributed by atoms with Crippen LogP contribution in [0.5, 0.6) is 0 Å². The van der Waals surface area contributed by atoms with Gasteiger partial charge in [0.25, 0.3) is 0 Å². The lowest BCUT2D eigenvalue weighted by molar-refractivity contribution is -0.112. The monoisotopic (exact) mass is 427 g/mol. The largest absolute Gasteiger partial charge is 0.306 e. The van der Waals surface area contributed by atoms with Crippen molar-refractivity contribution in [2.75, 3.05) is 39.0 Å². The van der Waals surface area contributed by atoms with Gasteiger partial charge in [-0.3, -0.25) is 14.7 Å². The molecule has 1 atom stereocenters. The minimum absolute atomic E-state index is 0.0394. The number of rotatable bonds is 5.